The Labute approximate surface area is 136 Å². The first-order valence-electron chi connectivity index (χ1n) is 8.15. The predicted molar refractivity (Wildman–Crippen MR) is 89.5 cm³/mol. The summed E-state index contributed by atoms with van der Waals surface area (Å²) in [6.45, 7) is 7.89. The molecule has 23 heavy (non-hydrogen) atoms. The Kier molecular flexibility index (Phi) is 5.53. The van der Waals surface area contributed by atoms with Gasteiger partial charge in [-0.25, -0.2) is 9.07 Å². The summed E-state index contributed by atoms with van der Waals surface area (Å²) in [7, 11) is 0. The lowest BCUT2D eigenvalue weighted by Crippen LogP contribution is -2.31. The van der Waals surface area contributed by atoms with Crippen LogP contribution in [0.5, 0.6) is 0 Å². The lowest BCUT2D eigenvalue weighted by Gasteiger charge is -2.11. The molecule has 4 nitrogen and oxygen atoms in total. The van der Waals surface area contributed by atoms with Gasteiger partial charge in [-0.3, -0.25) is 4.79 Å². The maximum Gasteiger partial charge on any atom is 0.255 e. The first-order valence-corrected chi connectivity index (χ1v) is 8.15. The van der Waals surface area contributed by atoms with Crippen LogP contribution in [0.15, 0.2) is 24.3 Å². The molecule has 0 bridgehead atoms. The highest BCUT2D eigenvalue weighted by atomic mass is 19.1. The quantitative estimate of drug-likeness (QED) is 0.883. The average Bonchev–Trinajstić information content (AvgIpc) is 2.85. The monoisotopic (exact) mass is 317 g/mol. The summed E-state index contributed by atoms with van der Waals surface area (Å²) in [6.07, 6.45) is 2.26. The number of nitrogens with one attached hydrogen (secondary N) is 1. The lowest BCUT2D eigenvalue weighted by molar-refractivity contribution is 0.0941. The second-order valence-electron chi connectivity index (χ2n) is 5.89. The van der Waals surface area contributed by atoms with Crippen molar-refractivity contribution in [1.82, 2.24) is 15.1 Å². The van der Waals surface area contributed by atoms with Crippen molar-refractivity contribution < 1.29 is 9.18 Å². The zero-order valence-electron chi connectivity index (χ0n) is 14.2. The summed E-state index contributed by atoms with van der Waals surface area (Å²) >= 11 is 0. The summed E-state index contributed by atoms with van der Waals surface area (Å²) in [4.78, 5) is 12.6. The topological polar surface area (TPSA) is 46.9 Å². The summed E-state index contributed by atoms with van der Waals surface area (Å²) in [5, 5.41) is 7.54. The number of hydrogen-bond acceptors (Lipinski definition) is 2. The molecule has 1 aromatic heterocycles. The van der Waals surface area contributed by atoms with Crippen LogP contribution < -0.4 is 5.32 Å². The number of hydrogen-bond donors (Lipinski definition) is 1. The van der Waals surface area contributed by atoms with Crippen molar-refractivity contribution >= 4 is 5.91 Å². The van der Waals surface area contributed by atoms with E-state index in [1.807, 2.05) is 20.8 Å². The zero-order chi connectivity index (χ0) is 17.0. The highest BCUT2D eigenvalue weighted by Gasteiger charge is 2.23. The SMILES string of the molecule is CCCc1nn(-c2cccc(F)c2)c(CC)c1C(=O)NC(C)C. The molecule has 0 fully saturated rings. The van der Waals surface area contributed by atoms with Crippen LogP contribution in [0, 0.1) is 5.82 Å². The van der Waals surface area contributed by atoms with Crippen LogP contribution in [0.25, 0.3) is 5.69 Å². The van der Waals surface area contributed by atoms with E-state index in [-0.39, 0.29) is 17.8 Å². The van der Waals surface area contributed by atoms with Crippen molar-refractivity contribution in [2.24, 2.45) is 0 Å². The Hall–Kier alpha value is -2.17. The fraction of sp³-hybridized carbons (Fsp3) is 0.444. The van der Waals surface area contributed by atoms with Crippen LogP contribution in [0.1, 0.15) is 55.9 Å². The van der Waals surface area contributed by atoms with Crippen LogP contribution in [-0.4, -0.2) is 21.7 Å². The first-order chi connectivity index (χ1) is 11.0. The Morgan fingerprint density at radius 1 is 1.35 bits per heavy atom. The minimum atomic E-state index is -0.315. The van der Waals surface area contributed by atoms with E-state index in [2.05, 4.69) is 17.3 Å². The molecule has 0 aliphatic rings. The van der Waals surface area contributed by atoms with Crippen molar-refractivity contribution in [3.05, 3.63) is 47.0 Å². The summed E-state index contributed by atoms with van der Waals surface area (Å²) in [5.41, 5.74) is 2.86. The molecule has 1 heterocycles. The van der Waals surface area contributed by atoms with Gasteiger partial charge in [0.1, 0.15) is 5.82 Å². The summed E-state index contributed by atoms with van der Waals surface area (Å²) in [6, 6.07) is 6.34. The third-order valence-electron chi connectivity index (χ3n) is 3.57. The number of aryl methyl sites for hydroxylation is 1. The van der Waals surface area contributed by atoms with Crippen LogP contribution in [0.3, 0.4) is 0 Å². The van der Waals surface area contributed by atoms with E-state index in [9.17, 15) is 9.18 Å². The molecule has 0 spiro atoms. The van der Waals surface area contributed by atoms with E-state index >= 15 is 0 Å². The largest absolute Gasteiger partial charge is 0.350 e. The van der Waals surface area contributed by atoms with Gasteiger partial charge in [0, 0.05) is 6.04 Å². The van der Waals surface area contributed by atoms with E-state index in [1.165, 1.54) is 12.1 Å². The average molecular weight is 317 g/mol. The highest BCUT2D eigenvalue weighted by molar-refractivity contribution is 5.96. The maximum atomic E-state index is 13.6. The Morgan fingerprint density at radius 3 is 2.65 bits per heavy atom. The standard InChI is InChI=1S/C18H24FN3O/c1-5-8-15-17(18(23)20-12(3)4)16(6-2)22(21-15)14-10-7-9-13(19)11-14/h7,9-12H,5-6,8H2,1-4H3,(H,20,23). The molecule has 0 unspecified atom stereocenters. The minimum absolute atomic E-state index is 0.0548. The van der Waals surface area contributed by atoms with Gasteiger partial charge in [0.25, 0.3) is 5.91 Å². The van der Waals surface area contributed by atoms with Crippen molar-refractivity contribution in [2.45, 2.75) is 53.0 Å². The van der Waals surface area contributed by atoms with E-state index in [1.54, 1.807) is 16.8 Å². The molecule has 2 rings (SSSR count). The van der Waals surface area contributed by atoms with E-state index < -0.39 is 0 Å². The van der Waals surface area contributed by atoms with Gasteiger partial charge in [0.15, 0.2) is 0 Å². The molecule has 1 aromatic carbocycles. The van der Waals surface area contributed by atoms with Gasteiger partial charge < -0.3 is 5.32 Å². The van der Waals surface area contributed by atoms with Crippen LogP contribution >= 0.6 is 0 Å². The minimum Gasteiger partial charge on any atom is -0.350 e. The Balaban J connectivity index is 2.58. The van der Waals surface area contributed by atoms with Gasteiger partial charge >= 0.3 is 0 Å². The molecule has 1 amide bonds. The second-order valence-corrected chi connectivity index (χ2v) is 5.89. The van der Waals surface area contributed by atoms with Gasteiger partial charge in [-0.05, 0) is 44.9 Å². The van der Waals surface area contributed by atoms with Crippen LogP contribution in [0.2, 0.25) is 0 Å². The van der Waals surface area contributed by atoms with Crippen molar-refractivity contribution in [3.63, 3.8) is 0 Å². The van der Waals surface area contributed by atoms with Gasteiger partial charge in [0.2, 0.25) is 0 Å². The second kappa shape index (κ2) is 7.40. The van der Waals surface area contributed by atoms with Gasteiger partial charge in [-0.15, -0.1) is 0 Å². The molecule has 0 atom stereocenters. The number of carbonyl (C=O) groups is 1. The van der Waals surface area contributed by atoms with Crippen molar-refractivity contribution in [2.75, 3.05) is 0 Å². The maximum absolute atomic E-state index is 13.6. The van der Waals surface area contributed by atoms with Crippen molar-refractivity contribution in [1.29, 1.82) is 0 Å². The fourth-order valence-corrected chi connectivity index (χ4v) is 2.66. The number of aromatic nitrogens is 2. The number of benzene rings is 1. The fourth-order valence-electron chi connectivity index (χ4n) is 2.66. The number of halogens is 1. The van der Waals surface area contributed by atoms with Gasteiger partial charge in [-0.2, -0.15) is 5.10 Å². The smallest absolute Gasteiger partial charge is 0.255 e. The third kappa shape index (κ3) is 3.78. The molecule has 0 saturated heterocycles. The molecule has 0 aliphatic carbocycles. The van der Waals surface area contributed by atoms with Gasteiger partial charge in [0.05, 0.1) is 22.6 Å². The number of rotatable bonds is 6. The highest BCUT2D eigenvalue weighted by Crippen LogP contribution is 2.22. The predicted octanol–water partition coefficient (Wildman–Crippen LogP) is 3.66. The number of carbonyl (C=O) groups excluding carboxylic acids is 1. The third-order valence-corrected chi connectivity index (χ3v) is 3.57. The first kappa shape index (κ1) is 17.2. The molecular formula is C18H24FN3O. The normalized spacial score (nSPS) is 11.0. The Bertz CT molecular complexity index is 692. The molecule has 0 saturated carbocycles. The van der Waals surface area contributed by atoms with E-state index in [0.717, 1.165) is 24.2 Å². The molecule has 0 radical (unpaired) electrons. The van der Waals surface area contributed by atoms with Crippen LogP contribution in [-0.2, 0) is 12.8 Å². The number of amides is 1. The van der Waals surface area contributed by atoms with E-state index in [0.29, 0.717) is 17.7 Å². The molecule has 124 valence electrons. The Morgan fingerprint density at radius 2 is 2.09 bits per heavy atom. The summed E-state index contributed by atoms with van der Waals surface area (Å²) in [5.74, 6) is -0.423. The number of nitrogens with zero attached hydrogens (tertiary/aromatic N) is 2. The lowest BCUT2D eigenvalue weighted by atomic mass is 10.1. The zero-order valence-corrected chi connectivity index (χ0v) is 14.2. The van der Waals surface area contributed by atoms with Crippen molar-refractivity contribution in [3.8, 4) is 5.69 Å². The van der Waals surface area contributed by atoms with Gasteiger partial charge in [-0.1, -0.05) is 26.3 Å². The molecule has 5 heteroatoms. The molecular weight excluding hydrogens is 293 g/mol. The molecule has 1 N–H and O–H groups in total. The molecule has 2 aromatic rings. The van der Waals surface area contributed by atoms with Crippen LogP contribution in [0.4, 0.5) is 4.39 Å². The van der Waals surface area contributed by atoms with E-state index in [4.69, 9.17) is 0 Å². The molecule has 0 aliphatic heterocycles. The summed E-state index contributed by atoms with van der Waals surface area (Å²) < 4.78 is 15.3.